The average molecular weight is 474 g/mol. The number of halogens is 5. The van der Waals surface area contributed by atoms with Gasteiger partial charge in [0, 0.05) is 47.7 Å². The van der Waals surface area contributed by atoms with Crippen molar-refractivity contribution in [1.29, 1.82) is 5.41 Å². The Morgan fingerprint density at radius 3 is 2.62 bits per heavy atom. The minimum absolute atomic E-state index is 0.0842. The van der Waals surface area contributed by atoms with E-state index in [1.165, 1.54) is 13.0 Å². The van der Waals surface area contributed by atoms with E-state index in [1.807, 2.05) is 4.90 Å². The topological polar surface area (TPSA) is 85.7 Å². The molecule has 0 bridgehead atoms. The maximum Gasteiger partial charge on any atom is 0.573 e. The van der Waals surface area contributed by atoms with E-state index in [-0.39, 0.29) is 22.3 Å². The van der Waals surface area contributed by atoms with Gasteiger partial charge in [0.1, 0.15) is 11.6 Å². The Kier molecular flexibility index (Phi) is 6.94. The second-order valence-corrected chi connectivity index (χ2v) is 7.95. The zero-order valence-electron chi connectivity index (χ0n) is 16.9. The molecule has 1 unspecified atom stereocenters. The maximum absolute atomic E-state index is 14.2. The Labute approximate surface area is 186 Å². The van der Waals surface area contributed by atoms with Crippen molar-refractivity contribution in [2.75, 3.05) is 18.4 Å². The van der Waals surface area contributed by atoms with E-state index in [9.17, 15) is 22.4 Å². The number of ether oxygens (including phenoxy) is 1. The van der Waals surface area contributed by atoms with Crippen LogP contribution in [0, 0.1) is 11.2 Å². The molecule has 1 aliphatic heterocycles. The lowest BCUT2D eigenvalue weighted by atomic mass is 10.0. The summed E-state index contributed by atoms with van der Waals surface area (Å²) in [4.78, 5) is 13.2. The average Bonchev–Trinajstić information content (AvgIpc) is 3.05. The van der Waals surface area contributed by atoms with Gasteiger partial charge in [-0.2, -0.15) is 0 Å². The van der Waals surface area contributed by atoms with E-state index in [2.05, 4.69) is 10.1 Å². The Hall–Kier alpha value is -2.85. The van der Waals surface area contributed by atoms with Crippen LogP contribution in [0.5, 0.6) is 5.75 Å². The van der Waals surface area contributed by atoms with Crippen LogP contribution >= 0.6 is 11.6 Å². The lowest BCUT2D eigenvalue weighted by Crippen LogP contribution is -2.27. The van der Waals surface area contributed by atoms with E-state index >= 15 is 0 Å². The molecule has 0 aliphatic carbocycles. The lowest BCUT2D eigenvalue weighted by Gasteiger charge is -2.20. The summed E-state index contributed by atoms with van der Waals surface area (Å²) in [7, 11) is 0. The molecule has 0 aromatic heterocycles. The molecule has 2 aromatic carbocycles. The molecule has 3 rings (SSSR count). The summed E-state index contributed by atoms with van der Waals surface area (Å²) >= 11 is 5.92. The van der Waals surface area contributed by atoms with E-state index < -0.39 is 29.5 Å². The van der Waals surface area contributed by atoms with Gasteiger partial charge in [-0.3, -0.25) is 4.90 Å². The highest BCUT2D eigenvalue weighted by molar-refractivity contribution is 6.30. The number of alkyl halides is 3. The summed E-state index contributed by atoms with van der Waals surface area (Å²) in [6.45, 7) is 2.93. The highest BCUT2D eigenvalue weighted by Crippen LogP contribution is 2.29. The van der Waals surface area contributed by atoms with Crippen LogP contribution < -0.4 is 10.1 Å². The van der Waals surface area contributed by atoms with Gasteiger partial charge in [-0.05, 0) is 49.2 Å². The van der Waals surface area contributed by atoms with E-state index in [0.29, 0.717) is 37.3 Å². The minimum Gasteiger partial charge on any atom is -0.478 e. The number of nitrogens with one attached hydrogen (secondary N) is 2. The van der Waals surface area contributed by atoms with Crippen molar-refractivity contribution >= 4 is 29.0 Å². The van der Waals surface area contributed by atoms with Crippen molar-refractivity contribution in [3.05, 3.63) is 57.9 Å². The second kappa shape index (κ2) is 9.33. The molecule has 6 nitrogen and oxygen atoms in total. The predicted octanol–water partition coefficient (Wildman–Crippen LogP) is 5.15. The zero-order chi connectivity index (χ0) is 23.6. The highest BCUT2D eigenvalue weighted by atomic mass is 35.5. The summed E-state index contributed by atoms with van der Waals surface area (Å²) in [5.41, 5.74) is 0.718. The molecule has 0 saturated carbocycles. The summed E-state index contributed by atoms with van der Waals surface area (Å²) in [6, 6.07) is 5.98. The fraction of sp³-hybridized carbons (Fsp3) is 0.333. The van der Waals surface area contributed by atoms with E-state index in [0.717, 1.165) is 18.2 Å². The van der Waals surface area contributed by atoms with Crippen LogP contribution in [0.1, 0.15) is 34.8 Å². The summed E-state index contributed by atoms with van der Waals surface area (Å²) in [5, 5.41) is 20.3. The highest BCUT2D eigenvalue weighted by Gasteiger charge is 2.31. The standard InChI is InChI=1S/C21H20ClF4N3O3/c1-11(27)16-7-17(20(30)31)18(23)8-19(16)28-14-2-3-29(10-14)9-12-4-13(22)6-15(5-12)32-21(24,25)26/h4-8,14,27-28H,2-3,9-10H2,1H3,(H,30,31). The zero-order valence-corrected chi connectivity index (χ0v) is 17.6. The third-order valence-corrected chi connectivity index (χ3v) is 5.16. The number of rotatable bonds is 7. The Morgan fingerprint density at radius 1 is 1.28 bits per heavy atom. The molecule has 0 spiro atoms. The van der Waals surface area contributed by atoms with Gasteiger partial charge in [0.25, 0.3) is 0 Å². The molecule has 1 fully saturated rings. The van der Waals surface area contributed by atoms with Gasteiger partial charge in [-0.1, -0.05) is 11.6 Å². The molecule has 11 heteroatoms. The fourth-order valence-corrected chi connectivity index (χ4v) is 3.89. The number of carboxylic acid groups (broad SMARTS) is 1. The van der Waals surface area contributed by atoms with Gasteiger partial charge < -0.3 is 20.6 Å². The Morgan fingerprint density at radius 2 is 2.00 bits per heavy atom. The molecule has 0 radical (unpaired) electrons. The van der Waals surface area contributed by atoms with Gasteiger partial charge in [-0.25, -0.2) is 9.18 Å². The van der Waals surface area contributed by atoms with Crippen LogP contribution in [0.15, 0.2) is 30.3 Å². The number of benzene rings is 2. The maximum atomic E-state index is 14.2. The molecule has 1 atom stereocenters. The van der Waals surface area contributed by atoms with Crippen LogP contribution in [0.3, 0.4) is 0 Å². The third kappa shape index (κ3) is 6.10. The first-order chi connectivity index (χ1) is 14.9. The number of aromatic carboxylic acids is 1. The first kappa shape index (κ1) is 23.8. The van der Waals surface area contributed by atoms with E-state index in [4.69, 9.17) is 22.1 Å². The smallest absolute Gasteiger partial charge is 0.478 e. The minimum atomic E-state index is -4.82. The van der Waals surface area contributed by atoms with Crippen LogP contribution in [0.4, 0.5) is 23.2 Å². The molecule has 1 saturated heterocycles. The molecule has 0 amide bonds. The van der Waals surface area contributed by atoms with Gasteiger partial charge in [-0.15, -0.1) is 13.2 Å². The molecular formula is C21H20ClF4N3O3. The largest absolute Gasteiger partial charge is 0.573 e. The molecular weight excluding hydrogens is 454 g/mol. The lowest BCUT2D eigenvalue weighted by molar-refractivity contribution is -0.274. The molecule has 3 N–H and O–H groups in total. The van der Waals surface area contributed by atoms with Crippen molar-refractivity contribution in [3.63, 3.8) is 0 Å². The number of hydrogen-bond donors (Lipinski definition) is 3. The molecule has 172 valence electrons. The second-order valence-electron chi connectivity index (χ2n) is 7.52. The summed E-state index contributed by atoms with van der Waals surface area (Å²) in [5.74, 6) is -2.72. The number of carbonyl (C=O) groups is 1. The quantitative estimate of drug-likeness (QED) is 0.382. The van der Waals surface area contributed by atoms with Crippen LogP contribution in [-0.2, 0) is 6.54 Å². The van der Waals surface area contributed by atoms with Crippen molar-refractivity contribution in [3.8, 4) is 5.75 Å². The Bertz CT molecular complexity index is 1050. The number of hydrogen-bond acceptors (Lipinski definition) is 5. The first-order valence-corrected chi connectivity index (χ1v) is 9.95. The number of carboxylic acids is 1. The van der Waals surface area contributed by atoms with Crippen molar-refractivity contribution < 1.29 is 32.2 Å². The number of nitrogens with zero attached hydrogens (tertiary/aromatic N) is 1. The van der Waals surface area contributed by atoms with E-state index in [1.54, 1.807) is 6.07 Å². The normalized spacial score (nSPS) is 16.8. The van der Waals surface area contributed by atoms with Crippen molar-refractivity contribution in [2.45, 2.75) is 32.3 Å². The fourth-order valence-electron chi connectivity index (χ4n) is 3.64. The Balaban J connectivity index is 1.70. The van der Waals surface area contributed by atoms with Gasteiger partial charge >= 0.3 is 12.3 Å². The summed E-state index contributed by atoms with van der Waals surface area (Å²) < 4.78 is 55.6. The molecule has 1 heterocycles. The molecule has 32 heavy (non-hydrogen) atoms. The van der Waals surface area contributed by atoms with Gasteiger partial charge in [0.2, 0.25) is 0 Å². The van der Waals surface area contributed by atoms with Crippen LogP contribution in [0.25, 0.3) is 0 Å². The molecule has 2 aromatic rings. The van der Waals surface area contributed by atoms with Crippen molar-refractivity contribution in [1.82, 2.24) is 4.90 Å². The van der Waals surface area contributed by atoms with Crippen LogP contribution in [0.2, 0.25) is 5.02 Å². The predicted molar refractivity (Wildman–Crippen MR) is 111 cm³/mol. The monoisotopic (exact) mass is 473 g/mol. The van der Waals surface area contributed by atoms with Gasteiger partial charge in [0.05, 0.1) is 5.56 Å². The molecule has 1 aliphatic rings. The summed E-state index contributed by atoms with van der Waals surface area (Å²) in [6.07, 6.45) is -4.16. The van der Waals surface area contributed by atoms with Gasteiger partial charge in [0.15, 0.2) is 0 Å². The number of likely N-dealkylation sites (tertiary alicyclic amines) is 1. The first-order valence-electron chi connectivity index (χ1n) is 9.58. The SMILES string of the molecule is CC(=N)c1cc(C(=O)O)c(F)cc1NC1CCN(Cc2cc(Cl)cc(OC(F)(F)F)c2)C1. The third-order valence-electron chi connectivity index (χ3n) is 4.94. The van der Waals surface area contributed by atoms with Crippen molar-refractivity contribution in [2.24, 2.45) is 0 Å². The van der Waals surface area contributed by atoms with Crippen LogP contribution in [-0.4, -0.2) is 47.2 Å². The number of anilines is 1.